The summed E-state index contributed by atoms with van der Waals surface area (Å²) in [5.74, 6) is -0.388. The third-order valence-electron chi connectivity index (χ3n) is 6.40. The maximum absolute atomic E-state index is 12.6. The van der Waals surface area contributed by atoms with Gasteiger partial charge in [0, 0.05) is 12.8 Å². The van der Waals surface area contributed by atoms with Crippen LogP contribution in [0.25, 0.3) is 22.4 Å². The van der Waals surface area contributed by atoms with Gasteiger partial charge in [-0.3, -0.25) is 0 Å². The third kappa shape index (κ3) is 4.32. The quantitative estimate of drug-likeness (QED) is 0.560. The lowest BCUT2D eigenvalue weighted by molar-refractivity contribution is 0.0691. The van der Waals surface area contributed by atoms with Crippen LogP contribution in [0.15, 0.2) is 30.3 Å². The minimum absolute atomic E-state index is 0.0503. The van der Waals surface area contributed by atoms with Crippen LogP contribution in [0, 0.1) is 0 Å². The normalized spacial score (nSPS) is 17.5. The summed E-state index contributed by atoms with van der Waals surface area (Å²) in [5, 5.41) is 9.26. The van der Waals surface area contributed by atoms with E-state index in [4.69, 9.17) is 9.72 Å². The van der Waals surface area contributed by atoms with Gasteiger partial charge in [0.1, 0.15) is 11.5 Å². The zero-order chi connectivity index (χ0) is 24.0. The number of nitrogens with one attached hydrogen (secondary N) is 1. The number of anilines is 1. The summed E-state index contributed by atoms with van der Waals surface area (Å²) in [4.78, 5) is 25.8. The monoisotopic (exact) mass is 472 g/mol. The van der Waals surface area contributed by atoms with Crippen LogP contribution in [0.3, 0.4) is 0 Å². The molecule has 0 saturated carbocycles. The van der Waals surface area contributed by atoms with Gasteiger partial charge < -0.3 is 19.7 Å². The molecular weight excluding hydrogens is 444 g/mol. The van der Waals surface area contributed by atoms with Crippen molar-refractivity contribution in [3.63, 3.8) is 0 Å². The number of carboxylic acids is 1. The number of morpholine rings is 1. The number of aromatic nitrogens is 3. The second-order valence-corrected chi connectivity index (χ2v) is 11.4. The Bertz CT molecular complexity index is 1320. The summed E-state index contributed by atoms with van der Waals surface area (Å²) >= 11 is 0. The van der Waals surface area contributed by atoms with Crippen molar-refractivity contribution >= 4 is 32.7 Å². The van der Waals surface area contributed by atoms with Gasteiger partial charge in [-0.15, -0.1) is 0 Å². The van der Waals surface area contributed by atoms with Crippen LogP contribution in [0.2, 0.25) is 0 Å². The highest BCUT2D eigenvalue weighted by molar-refractivity contribution is 7.91. The molecule has 0 aromatic carbocycles. The average Bonchev–Trinajstić information content (AvgIpc) is 3.22. The number of H-pyrrole nitrogens is 1. The van der Waals surface area contributed by atoms with Crippen molar-refractivity contribution < 1.29 is 23.1 Å². The highest BCUT2D eigenvalue weighted by atomic mass is 32.2. The number of ether oxygens (including phenoxy) is 1. The van der Waals surface area contributed by atoms with E-state index in [9.17, 15) is 18.3 Å². The number of pyridine rings is 2. The van der Waals surface area contributed by atoms with E-state index in [1.165, 1.54) is 12.3 Å². The number of aromatic carboxylic acids is 1. The number of sulfone groups is 1. The molecule has 9 nitrogen and oxygen atoms in total. The van der Waals surface area contributed by atoms with Crippen LogP contribution in [-0.2, 0) is 19.3 Å². The first kappa shape index (κ1) is 23.2. The molecular formula is C23H28N4O5S. The van der Waals surface area contributed by atoms with Crippen molar-refractivity contribution in [2.75, 3.05) is 30.9 Å². The first-order valence-corrected chi connectivity index (χ1v) is 12.7. The number of fused-ring (bicyclic) bond motifs is 1. The number of carboxylic acid groups (broad SMARTS) is 1. The topological polar surface area (TPSA) is 125 Å². The number of rotatable bonds is 6. The molecule has 10 heteroatoms. The lowest BCUT2D eigenvalue weighted by atomic mass is 10.0. The lowest BCUT2D eigenvalue weighted by Crippen LogP contribution is -2.45. The van der Waals surface area contributed by atoms with Gasteiger partial charge in [-0.25, -0.2) is 23.2 Å². The number of aromatic amines is 1. The highest BCUT2D eigenvalue weighted by Crippen LogP contribution is 2.35. The minimum atomic E-state index is -3.42. The van der Waals surface area contributed by atoms with E-state index in [0.29, 0.717) is 53.6 Å². The Kier molecular flexibility index (Phi) is 5.92. The van der Waals surface area contributed by atoms with E-state index in [2.05, 4.69) is 21.8 Å². The smallest absolute Gasteiger partial charge is 0.352 e. The molecule has 3 aromatic heterocycles. The Hall–Kier alpha value is -2.98. The number of hydrogen-bond acceptors (Lipinski definition) is 7. The maximum atomic E-state index is 12.6. The molecule has 4 heterocycles. The zero-order valence-corrected chi connectivity index (χ0v) is 19.9. The van der Waals surface area contributed by atoms with Gasteiger partial charge in [-0.2, -0.15) is 0 Å². The van der Waals surface area contributed by atoms with Crippen molar-refractivity contribution in [2.24, 2.45) is 0 Å². The van der Waals surface area contributed by atoms with Crippen LogP contribution >= 0.6 is 0 Å². The average molecular weight is 473 g/mol. The van der Waals surface area contributed by atoms with Gasteiger partial charge in [0.05, 0.1) is 46.4 Å². The summed E-state index contributed by atoms with van der Waals surface area (Å²) in [5.41, 5.74) is 2.83. The summed E-state index contributed by atoms with van der Waals surface area (Å²) in [6, 6.07) is 8.71. The molecule has 0 aliphatic carbocycles. The number of hydrogen-bond donors (Lipinski definition) is 2. The van der Waals surface area contributed by atoms with Gasteiger partial charge in [-0.05, 0) is 56.2 Å². The van der Waals surface area contributed by atoms with Gasteiger partial charge in [0.25, 0.3) is 0 Å². The summed E-state index contributed by atoms with van der Waals surface area (Å²) in [6.07, 6.45) is 2.09. The second kappa shape index (κ2) is 8.42. The Morgan fingerprint density at radius 3 is 2.67 bits per heavy atom. The van der Waals surface area contributed by atoms with E-state index in [1.807, 2.05) is 6.07 Å². The molecule has 4 rings (SSSR count). The van der Waals surface area contributed by atoms with Crippen LogP contribution < -0.4 is 4.90 Å². The van der Waals surface area contributed by atoms with Gasteiger partial charge in [0.15, 0.2) is 9.84 Å². The highest BCUT2D eigenvalue weighted by Gasteiger charge is 2.34. The Labute approximate surface area is 192 Å². The Morgan fingerprint density at radius 1 is 1.24 bits per heavy atom. The number of nitrogens with zero attached hydrogens (tertiary/aromatic N) is 3. The van der Waals surface area contributed by atoms with E-state index < -0.39 is 20.6 Å². The van der Waals surface area contributed by atoms with Crippen molar-refractivity contribution in [3.8, 4) is 11.4 Å². The van der Waals surface area contributed by atoms with Crippen LogP contribution in [0.5, 0.6) is 0 Å². The standard InChI is InChI=1S/C23H28N4O5S/c1-5-15-13-32-9-8-27(15)21-11-14(23(2,3)33(4,30)31)10-18(26-21)16-6-7-17-19(24-16)12-20(25-17)22(28)29/h6-7,10-12,15,25H,5,8-9,13H2,1-4H3,(H,28,29)/t15-/m0/s1. The van der Waals surface area contributed by atoms with Gasteiger partial charge in [0.2, 0.25) is 0 Å². The summed E-state index contributed by atoms with van der Waals surface area (Å²) in [6.45, 7) is 7.25. The predicted octanol–water partition coefficient (Wildman–Crippen LogP) is 3.22. The van der Waals surface area contributed by atoms with Gasteiger partial charge in [-0.1, -0.05) is 6.92 Å². The van der Waals surface area contributed by atoms with Crippen LogP contribution in [0.1, 0.15) is 43.2 Å². The zero-order valence-electron chi connectivity index (χ0n) is 19.1. The summed E-state index contributed by atoms with van der Waals surface area (Å²) in [7, 11) is -3.42. The predicted molar refractivity (Wildman–Crippen MR) is 126 cm³/mol. The van der Waals surface area contributed by atoms with E-state index in [0.717, 1.165) is 6.42 Å². The first-order valence-electron chi connectivity index (χ1n) is 10.8. The Morgan fingerprint density at radius 2 is 2.00 bits per heavy atom. The number of carbonyl (C=O) groups is 1. The fraction of sp³-hybridized carbons (Fsp3) is 0.435. The molecule has 0 spiro atoms. The molecule has 1 saturated heterocycles. The molecule has 0 radical (unpaired) electrons. The molecule has 0 amide bonds. The van der Waals surface area contributed by atoms with Crippen molar-refractivity contribution in [2.45, 2.75) is 38.0 Å². The first-order chi connectivity index (χ1) is 15.5. The molecule has 3 aromatic rings. The van der Waals surface area contributed by atoms with E-state index >= 15 is 0 Å². The molecule has 1 fully saturated rings. The van der Waals surface area contributed by atoms with E-state index in [1.54, 1.807) is 32.0 Å². The van der Waals surface area contributed by atoms with Crippen LogP contribution in [-0.4, -0.2) is 66.5 Å². The van der Waals surface area contributed by atoms with Crippen molar-refractivity contribution in [1.29, 1.82) is 0 Å². The SMILES string of the molecule is CC[C@H]1COCCN1c1cc(C(C)(C)S(C)(=O)=O)cc(-c2ccc3[nH]c(C(=O)O)cc3n2)n1. The largest absolute Gasteiger partial charge is 0.477 e. The molecule has 33 heavy (non-hydrogen) atoms. The molecule has 0 bridgehead atoms. The van der Waals surface area contributed by atoms with Crippen LogP contribution in [0.4, 0.5) is 5.82 Å². The molecule has 2 N–H and O–H groups in total. The molecule has 0 unspecified atom stereocenters. The fourth-order valence-corrected chi connectivity index (χ4v) is 4.46. The minimum Gasteiger partial charge on any atom is -0.477 e. The van der Waals surface area contributed by atoms with E-state index in [-0.39, 0.29) is 11.7 Å². The molecule has 1 atom stereocenters. The van der Waals surface area contributed by atoms with Crippen molar-refractivity contribution in [3.05, 3.63) is 41.6 Å². The lowest BCUT2D eigenvalue weighted by Gasteiger charge is -2.37. The molecule has 1 aliphatic rings. The summed E-state index contributed by atoms with van der Waals surface area (Å²) < 4.78 is 29.7. The van der Waals surface area contributed by atoms with Gasteiger partial charge >= 0.3 is 5.97 Å². The van der Waals surface area contributed by atoms with Crippen molar-refractivity contribution in [1.82, 2.24) is 15.0 Å². The third-order valence-corrected chi connectivity index (χ3v) is 8.48. The molecule has 176 valence electrons. The molecule has 1 aliphatic heterocycles. The fourth-order valence-electron chi connectivity index (χ4n) is 3.92. The Balaban J connectivity index is 1.89. The maximum Gasteiger partial charge on any atom is 0.352 e. The second-order valence-electron chi connectivity index (χ2n) is 8.83.